The second-order valence-electron chi connectivity index (χ2n) is 9.04. The second-order valence-corrected chi connectivity index (χ2v) is 9.04. The third-order valence-electron chi connectivity index (χ3n) is 6.30. The summed E-state index contributed by atoms with van der Waals surface area (Å²) in [6, 6.07) is 11.8. The molecule has 7 nitrogen and oxygen atoms in total. The van der Waals surface area contributed by atoms with E-state index in [2.05, 4.69) is 13.5 Å². The molecule has 1 saturated heterocycles. The van der Waals surface area contributed by atoms with Crippen LogP contribution in [0.2, 0.25) is 0 Å². The normalized spacial score (nSPS) is 16.7. The van der Waals surface area contributed by atoms with Gasteiger partial charge >= 0.3 is 0 Å². The zero-order valence-electron chi connectivity index (χ0n) is 22.0. The van der Waals surface area contributed by atoms with Crippen molar-refractivity contribution < 1.29 is 28.9 Å². The average Bonchev–Trinajstić information content (AvgIpc) is 3.15. The molecule has 1 N–H and O–H groups in total. The number of Topliss-reactive ketones (excluding diaryl/α,β-unsaturated/α-hetero) is 1. The number of carbonyl (C=O) groups is 2. The minimum atomic E-state index is -0.719. The Labute approximate surface area is 219 Å². The summed E-state index contributed by atoms with van der Waals surface area (Å²) in [5, 5.41) is 11.3. The smallest absolute Gasteiger partial charge is 0.295 e. The molecule has 37 heavy (non-hydrogen) atoms. The van der Waals surface area contributed by atoms with E-state index in [9.17, 15) is 14.7 Å². The van der Waals surface area contributed by atoms with Crippen molar-refractivity contribution in [2.45, 2.75) is 45.6 Å². The van der Waals surface area contributed by atoms with Crippen molar-refractivity contribution in [1.82, 2.24) is 4.90 Å². The molecular weight excluding hydrogens is 470 g/mol. The standard InChI is InChI=1S/C30H37NO6/c1-5-7-8-19-36-24-13-10-22(11-14-24)27-26(29(33)30(34)31(27)16-9-18-35-4)28(32)23-12-15-25(21(3)20-23)37-17-6-2/h6,10-15,20,27,32H,2,5,7-9,16-19H2,1,3-4H3. The van der Waals surface area contributed by atoms with Gasteiger partial charge in [-0.05, 0) is 61.2 Å². The minimum absolute atomic E-state index is 0.0678. The van der Waals surface area contributed by atoms with Crippen LogP contribution in [0, 0.1) is 6.92 Å². The maximum absolute atomic E-state index is 13.2. The Kier molecular flexibility index (Phi) is 10.3. The fourth-order valence-corrected chi connectivity index (χ4v) is 4.39. The minimum Gasteiger partial charge on any atom is -0.507 e. The van der Waals surface area contributed by atoms with E-state index < -0.39 is 17.7 Å². The first-order valence-corrected chi connectivity index (χ1v) is 12.8. The first-order chi connectivity index (χ1) is 17.9. The van der Waals surface area contributed by atoms with Crippen LogP contribution in [-0.2, 0) is 14.3 Å². The molecule has 1 unspecified atom stereocenters. The van der Waals surface area contributed by atoms with E-state index in [0.29, 0.717) is 44.1 Å². The SMILES string of the molecule is C=CCOc1ccc(C(O)=C2C(=O)C(=O)N(CCCOC)C2c2ccc(OCCCCC)cc2)cc1C. The highest BCUT2D eigenvalue weighted by atomic mass is 16.5. The van der Waals surface area contributed by atoms with E-state index >= 15 is 0 Å². The largest absolute Gasteiger partial charge is 0.507 e. The Morgan fingerprint density at radius 2 is 1.81 bits per heavy atom. The van der Waals surface area contributed by atoms with Crippen molar-refractivity contribution in [1.29, 1.82) is 0 Å². The highest BCUT2D eigenvalue weighted by molar-refractivity contribution is 6.46. The Bertz CT molecular complexity index is 1120. The predicted molar refractivity (Wildman–Crippen MR) is 144 cm³/mol. The van der Waals surface area contributed by atoms with Gasteiger partial charge in [-0.25, -0.2) is 0 Å². The lowest BCUT2D eigenvalue weighted by atomic mass is 9.94. The van der Waals surface area contributed by atoms with E-state index in [1.165, 1.54) is 4.90 Å². The summed E-state index contributed by atoms with van der Waals surface area (Å²) in [5.41, 5.74) is 2.03. The van der Waals surface area contributed by atoms with Crippen molar-refractivity contribution in [2.24, 2.45) is 0 Å². The van der Waals surface area contributed by atoms with Crippen LogP contribution < -0.4 is 9.47 Å². The van der Waals surface area contributed by atoms with Crippen LogP contribution in [0.25, 0.3) is 5.76 Å². The Morgan fingerprint density at radius 1 is 1.05 bits per heavy atom. The van der Waals surface area contributed by atoms with Crippen LogP contribution in [0.1, 0.15) is 55.3 Å². The first kappa shape index (κ1) is 28.0. The summed E-state index contributed by atoms with van der Waals surface area (Å²) >= 11 is 0. The van der Waals surface area contributed by atoms with Gasteiger partial charge in [-0.3, -0.25) is 9.59 Å². The summed E-state index contributed by atoms with van der Waals surface area (Å²) in [6.45, 7) is 9.42. The Morgan fingerprint density at radius 3 is 2.46 bits per heavy atom. The number of benzene rings is 2. The number of hydrogen-bond donors (Lipinski definition) is 1. The summed E-state index contributed by atoms with van der Waals surface area (Å²) in [6.07, 6.45) is 5.42. The van der Waals surface area contributed by atoms with Crippen molar-refractivity contribution in [3.8, 4) is 11.5 Å². The molecule has 7 heteroatoms. The number of aliphatic hydroxyl groups excluding tert-OH is 1. The van der Waals surface area contributed by atoms with Gasteiger partial charge in [0.25, 0.3) is 11.7 Å². The number of methoxy groups -OCH3 is 1. The van der Waals surface area contributed by atoms with Gasteiger partial charge in [-0.15, -0.1) is 0 Å². The number of nitrogens with zero attached hydrogens (tertiary/aromatic N) is 1. The number of aliphatic hydroxyl groups is 1. The molecule has 1 aliphatic heterocycles. The summed E-state index contributed by atoms with van der Waals surface area (Å²) in [7, 11) is 1.59. The average molecular weight is 508 g/mol. The lowest BCUT2D eigenvalue weighted by Crippen LogP contribution is -2.31. The second kappa shape index (κ2) is 13.7. The summed E-state index contributed by atoms with van der Waals surface area (Å²) in [4.78, 5) is 27.8. The number of aryl methyl sites for hydroxylation is 1. The van der Waals surface area contributed by atoms with Gasteiger partial charge in [0.05, 0.1) is 18.2 Å². The Balaban J connectivity index is 1.98. The van der Waals surface area contributed by atoms with Gasteiger partial charge in [-0.2, -0.15) is 0 Å². The number of likely N-dealkylation sites (tertiary alicyclic amines) is 1. The number of ether oxygens (including phenoxy) is 3. The maximum Gasteiger partial charge on any atom is 0.295 e. The van der Waals surface area contributed by atoms with Crippen LogP contribution in [0.15, 0.2) is 60.7 Å². The maximum atomic E-state index is 13.2. The molecule has 3 rings (SSSR count). The molecule has 1 fully saturated rings. The molecule has 0 saturated carbocycles. The van der Waals surface area contributed by atoms with Gasteiger partial charge in [0, 0.05) is 25.8 Å². The van der Waals surface area contributed by atoms with E-state index in [0.717, 1.165) is 36.1 Å². The molecule has 0 radical (unpaired) electrons. The monoisotopic (exact) mass is 507 g/mol. The molecule has 1 atom stereocenters. The van der Waals surface area contributed by atoms with Gasteiger partial charge in [0.2, 0.25) is 0 Å². The van der Waals surface area contributed by atoms with Crippen LogP contribution in [0.5, 0.6) is 11.5 Å². The van der Waals surface area contributed by atoms with Crippen LogP contribution in [0.3, 0.4) is 0 Å². The first-order valence-electron chi connectivity index (χ1n) is 12.8. The van der Waals surface area contributed by atoms with Crippen molar-refractivity contribution in [2.75, 3.05) is 33.5 Å². The zero-order valence-corrected chi connectivity index (χ0v) is 22.0. The molecule has 2 aromatic carbocycles. The molecule has 0 bridgehead atoms. The number of rotatable bonds is 14. The third kappa shape index (κ3) is 6.80. The number of ketones is 1. The predicted octanol–water partition coefficient (Wildman–Crippen LogP) is 5.59. The number of carbonyl (C=O) groups excluding carboxylic acids is 2. The third-order valence-corrected chi connectivity index (χ3v) is 6.30. The molecule has 0 spiro atoms. The number of amides is 1. The molecule has 198 valence electrons. The number of hydrogen-bond acceptors (Lipinski definition) is 6. The van der Waals surface area contributed by atoms with Crippen molar-refractivity contribution in [3.05, 3.63) is 77.4 Å². The number of unbranched alkanes of at least 4 members (excludes halogenated alkanes) is 2. The molecule has 1 heterocycles. The van der Waals surface area contributed by atoms with Crippen molar-refractivity contribution >= 4 is 17.4 Å². The van der Waals surface area contributed by atoms with Crippen LogP contribution in [-0.4, -0.2) is 55.2 Å². The quantitative estimate of drug-likeness (QED) is 0.118. The molecule has 2 aromatic rings. The molecule has 0 aliphatic carbocycles. The van der Waals surface area contributed by atoms with E-state index in [1.54, 1.807) is 31.4 Å². The summed E-state index contributed by atoms with van der Waals surface area (Å²) in [5.74, 6) is -0.171. The highest BCUT2D eigenvalue weighted by Crippen LogP contribution is 2.40. The Hall–Kier alpha value is -3.58. The molecule has 1 amide bonds. The van der Waals surface area contributed by atoms with Gasteiger partial charge < -0.3 is 24.2 Å². The highest BCUT2D eigenvalue weighted by Gasteiger charge is 2.45. The molecule has 1 aliphatic rings. The zero-order chi connectivity index (χ0) is 26.8. The van der Waals surface area contributed by atoms with Crippen molar-refractivity contribution in [3.63, 3.8) is 0 Å². The van der Waals surface area contributed by atoms with E-state index in [-0.39, 0.29) is 11.3 Å². The lowest BCUT2D eigenvalue weighted by Gasteiger charge is -2.25. The van der Waals surface area contributed by atoms with Crippen LogP contribution >= 0.6 is 0 Å². The lowest BCUT2D eigenvalue weighted by molar-refractivity contribution is -0.140. The van der Waals surface area contributed by atoms with E-state index in [4.69, 9.17) is 14.2 Å². The van der Waals surface area contributed by atoms with E-state index in [1.807, 2.05) is 31.2 Å². The van der Waals surface area contributed by atoms with Crippen LogP contribution in [0.4, 0.5) is 0 Å². The molecular formula is C30H37NO6. The fourth-order valence-electron chi connectivity index (χ4n) is 4.39. The molecule has 0 aromatic heterocycles. The fraction of sp³-hybridized carbons (Fsp3) is 0.400. The van der Waals surface area contributed by atoms with Gasteiger partial charge in [0.15, 0.2) is 0 Å². The van der Waals surface area contributed by atoms with Gasteiger partial charge in [-0.1, -0.05) is 44.6 Å². The summed E-state index contributed by atoms with van der Waals surface area (Å²) < 4.78 is 16.6. The van der Waals surface area contributed by atoms with Gasteiger partial charge in [0.1, 0.15) is 23.9 Å². The topological polar surface area (TPSA) is 85.3 Å².